The Kier molecular flexibility index (Phi) is 8.45. The summed E-state index contributed by atoms with van der Waals surface area (Å²) in [4.78, 5) is 27.3. The summed E-state index contributed by atoms with van der Waals surface area (Å²) in [6.45, 7) is 7.02. The van der Waals surface area contributed by atoms with Crippen LogP contribution in [0.3, 0.4) is 0 Å². The van der Waals surface area contributed by atoms with Gasteiger partial charge in [0.1, 0.15) is 5.75 Å². The maximum Gasteiger partial charge on any atom is 0.322 e. The molecule has 0 bridgehead atoms. The lowest BCUT2D eigenvalue weighted by Gasteiger charge is -2.38. The lowest BCUT2D eigenvalue weighted by atomic mass is 9.92. The maximum atomic E-state index is 13.3. The molecule has 184 valence electrons. The summed E-state index contributed by atoms with van der Waals surface area (Å²) < 4.78 is 16.4. The molecule has 1 heterocycles. The van der Waals surface area contributed by atoms with Gasteiger partial charge < -0.3 is 35.1 Å². The van der Waals surface area contributed by atoms with Crippen molar-refractivity contribution in [2.24, 2.45) is 0 Å². The fraction of sp³-hybridized carbons (Fsp3) is 0.440. The number of carbonyl (C=O) groups excluding carboxylic acids is 2. The Balaban J connectivity index is 1.85. The first-order valence-corrected chi connectivity index (χ1v) is 11.5. The summed E-state index contributed by atoms with van der Waals surface area (Å²) in [7, 11) is 3.17. The molecule has 2 aromatic rings. The van der Waals surface area contributed by atoms with E-state index in [0.717, 1.165) is 16.9 Å². The van der Waals surface area contributed by atoms with Gasteiger partial charge in [-0.1, -0.05) is 0 Å². The second-order valence-electron chi connectivity index (χ2n) is 8.26. The molecule has 0 spiro atoms. The number of benzene rings is 2. The van der Waals surface area contributed by atoms with Crippen molar-refractivity contribution in [3.05, 3.63) is 47.5 Å². The minimum absolute atomic E-state index is 0.00191. The van der Waals surface area contributed by atoms with Gasteiger partial charge in [-0.05, 0) is 74.7 Å². The summed E-state index contributed by atoms with van der Waals surface area (Å²) in [5.74, 6) is 1.95. The van der Waals surface area contributed by atoms with E-state index in [0.29, 0.717) is 36.8 Å². The average molecular weight is 471 g/mol. The van der Waals surface area contributed by atoms with E-state index in [2.05, 4.69) is 16.0 Å². The Bertz CT molecular complexity index is 994. The van der Waals surface area contributed by atoms with Crippen LogP contribution in [0.15, 0.2) is 36.4 Å². The average Bonchev–Trinajstić information content (AvgIpc) is 2.82. The van der Waals surface area contributed by atoms with Gasteiger partial charge in [0.2, 0.25) is 0 Å². The minimum atomic E-state index is -0.385. The van der Waals surface area contributed by atoms with Crippen LogP contribution < -0.4 is 30.2 Å². The second-order valence-corrected chi connectivity index (χ2v) is 8.26. The van der Waals surface area contributed by atoms with Crippen molar-refractivity contribution in [3.8, 4) is 17.2 Å². The van der Waals surface area contributed by atoms with Gasteiger partial charge in [-0.3, -0.25) is 0 Å². The fourth-order valence-electron chi connectivity index (χ4n) is 3.99. The van der Waals surface area contributed by atoms with Crippen molar-refractivity contribution >= 4 is 17.7 Å². The number of nitrogens with one attached hydrogen (secondary N) is 3. The third kappa shape index (κ3) is 6.03. The number of hydrogen-bond acceptors (Lipinski definition) is 5. The first kappa shape index (κ1) is 25.0. The van der Waals surface area contributed by atoms with Gasteiger partial charge in [0, 0.05) is 24.8 Å². The molecule has 3 N–H and O–H groups in total. The number of fused-ring (bicyclic) bond motifs is 1. The number of carbonyl (C=O) groups is 2. The van der Waals surface area contributed by atoms with Crippen LogP contribution in [0.2, 0.25) is 0 Å². The summed E-state index contributed by atoms with van der Waals surface area (Å²) in [6.07, 6.45) is 0.654. The van der Waals surface area contributed by atoms with Gasteiger partial charge in [-0.2, -0.15) is 0 Å². The third-order valence-corrected chi connectivity index (χ3v) is 5.56. The van der Waals surface area contributed by atoms with E-state index in [-0.39, 0.29) is 30.7 Å². The number of urea groups is 2. The predicted molar refractivity (Wildman–Crippen MR) is 131 cm³/mol. The zero-order valence-corrected chi connectivity index (χ0v) is 20.4. The zero-order chi connectivity index (χ0) is 24.7. The highest BCUT2D eigenvalue weighted by atomic mass is 16.5. The number of methoxy groups -OCH3 is 2. The molecule has 0 radical (unpaired) electrons. The van der Waals surface area contributed by atoms with E-state index in [9.17, 15) is 9.59 Å². The summed E-state index contributed by atoms with van der Waals surface area (Å²) in [5.41, 5.74) is 2.63. The number of anilines is 1. The first-order chi connectivity index (χ1) is 16.4. The molecule has 1 aliphatic rings. The highest BCUT2D eigenvalue weighted by molar-refractivity contribution is 5.90. The number of ether oxygens (including phenoxy) is 3. The van der Waals surface area contributed by atoms with Gasteiger partial charge in [0.15, 0.2) is 11.5 Å². The van der Waals surface area contributed by atoms with E-state index in [1.165, 1.54) is 0 Å². The molecule has 1 aliphatic heterocycles. The Morgan fingerprint density at radius 2 is 1.76 bits per heavy atom. The summed E-state index contributed by atoms with van der Waals surface area (Å²) >= 11 is 0. The van der Waals surface area contributed by atoms with Crippen LogP contribution in [-0.4, -0.2) is 56.9 Å². The minimum Gasteiger partial charge on any atom is -0.494 e. The second kappa shape index (κ2) is 11.5. The molecule has 0 unspecified atom stereocenters. The number of nitrogens with zero attached hydrogens (tertiary/aromatic N) is 1. The van der Waals surface area contributed by atoms with Crippen molar-refractivity contribution in [2.75, 3.05) is 39.2 Å². The first-order valence-electron chi connectivity index (χ1n) is 11.5. The molecule has 0 aliphatic carbocycles. The number of hydrogen-bond donors (Lipinski definition) is 3. The maximum absolute atomic E-state index is 13.3. The highest BCUT2D eigenvalue weighted by Crippen LogP contribution is 2.38. The van der Waals surface area contributed by atoms with Crippen molar-refractivity contribution in [1.29, 1.82) is 0 Å². The molecular weight excluding hydrogens is 436 g/mol. The van der Waals surface area contributed by atoms with Gasteiger partial charge in [0.25, 0.3) is 0 Å². The van der Waals surface area contributed by atoms with E-state index >= 15 is 0 Å². The molecule has 2 aromatic carbocycles. The molecule has 9 heteroatoms. The SMILES string of the molecule is CCOc1ccc(NC(=O)N2CCc3cc(OC)c(OC)cc3[C@@H]2CNC(=O)NC(C)C)cc1. The largest absolute Gasteiger partial charge is 0.494 e. The summed E-state index contributed by atoms with van der Waals surface area (Å²) in [6, 6.07) is 10.2. The van der Waals surface area contributed by atoms with Gasteiger partial charge in [-0.25, -0.2) is 9.59 Å². The van der Waals surface area contributed by atoms with E-state index in [1.54, 1.807) is 31.3 Å². The Morgan fingerprint density at radius 1 is 1.09 bits per heavy atom. The Hall–Kier alpha value is -3.62. The lowest BCUT2D eigenvalue weighted by Crippen LogP contribution is -2.49. The van der Waals surface area contributed by atoms with Gasteiger partial charge in [0.05, 0.1) is 26.9 Å². The quantitative estimate of drug-likeness (QED) is 0.543. The molecule has 0 saturated heterocycles. The van der Waals surface area contributed by atoms with Crippen LogP contribution >= 0.6 is 0 Å². The highest BCUT2D eigenvalue weighted by Gasteiger charge is 2.32. The standard InChI is InChI=1S/C25H34N4O5/c1-6-34-19-9-7-18(8-10-19)28-25(31)29-12-11-17-13-22(32-4)23(33-5)14-20(17)21(29)15-26-24(30)27-16(2)3/h7-10,13-14,16,21H,6,11-12,15H2,1-5H3,(H,28,31)(H2,26,27,30)/t21-/m0/s1. The van der Waals surface area contributed by atoms with Crippen LogP contribution in [-0.2, 0) is 6.42 Å². The van der Waals surface area contributed by atoms with Crippen LogP contribution in [0.1, 0.15) is 37.9 Å². The van der Waals surface area contributed by atoms with Crippen molar-refractivity contribution < 1.29 is 23.8 Å². The predicted octanol–water partition coefficient (Wildman–Crippen LogP) is 3.94. The van der Waals surface area contributed by atoms with E-state index in [4.69, 9.17) is 14.2 Å². The van der Waals surface area contributed by atoms with Gasteiger partial charge in [-0.15, -0.1) is 0 Å². The van der Waals surface area contributed by atoms with E-state index < -0.39 is 0 Å². The molecule has 4 amide bonds. The lowest BCUT2D eigenvalue weighted by molar-refractivity contribution is 0.179. The molecule has 1 atom stereocenters. The van der Waals surface area contributed by atoms with Crippen LogP contribution in [0.5, 0.6) is 17.2 Å². The molecule has 9 nitrogen and oxygen atoms in total. The normalized spacial score (nSPS) is 14.8. The third-order valence-electron chi connectivity index (χ3n) is 5.56. The number of rotatable bonds is 8. The molecule has 0 aromatic heterocycles. The molecule has 3 rings (SSSR count). The van der Waals surface area contributed by atoms with E-state index in [1.807, 2.05) is 45.0 Å². The zero-order valence-electron chi connectivity index (χ0n) is 20.4. The Labute approximate surface area is 200 Å². The van der Waals surface area contributed by atoms with Crippen LogP contribution in [0.4, 0.5) is 15.3 Å². The topological polar surface area (TPSA) is 101 Å². The number of amides is 4. The summed E-state index contributed by atoms with van der Waals surface area (Å²) in [5, 5.41) is 8.68. The van der Waals surface area contributed by atoms with Crippen LogP contribution in [0, 0.1) is 0 Å². The molecular formula is C25H34N4O5. The molecule has 34 heavy (non-hydrogen) atoms. The van der Waals surface area contributed by atoms with Crippen molar-refractivity contribution in [3.63, 3.8) is 0 Å². The van der Waals surface area contributed by atoms with Gasteiger partial charge >= 0.3 is 12.1 Å². The Morgan fingerprint density at radius 3 is 2.38 bits per heavy atom. The van der Waals surface area contributed by atoms with Crippen molar-refractivity contribution in [2.45, 2.75) is 39.3 Å². The monoisotopic (exact) mass is 470 g/mol. The smallest absolute Gasteiger partial charge is 0.322 e. The van der Waals surface area contributed by atoms with Crippen molar-refractivity contribution in [1.82, 2.24) is 15.5 Å². The molecule has 0 fully saturated rings. The van der Waals surface area contributed by atoms with Crippen LogP contribution in [0.25, 0.3) is 0 Å². The fourth-order valence-corrected chi connectivity index (χ4v) is 3.99. The molecule has 0 saturated carbocycles.